The Kier molecular flexibility index (Phi) is 4.40. The molecule has 2 nitrogen and oxygen atoms in total. The van der Waals surface area contributed by atoms with Crippen LogP contribution in [0.25, 0.3) is 0 Å². The molecule has 19 heavy (non-hydrogen) atoms. The lowest BCUT2D eigenvalue weighted by molar-refractivity contribution is 0.111. The van der Waals surface area contributed by atoms with Gasteiger partial charge in [-0.3, -0.25) is 4.79 Å². The Morgan fingerprint density at radius 2 is 1.95 bits per heavy atom. The number of carbonyl (C=O) groups is 1. The quantitative estimate of drug-likeness (QED) is 0.776. The Morgan fingerprint density at radius 1 is 1.16 bits per heavy atom. The van der Waals surface area contributed by atoms with Crippen molar-refractivity contribution in [3.8, 4) is 5.75 Å². The van der Waals surface area contributed by atoms with E-state index in [1.165, 1.54) is 24.3 Å². The topological polar surface area (TPSA) is 26.3 Å². The van der Waals surface area contributed by atoms with Crippen LogP contribution in [0.3, 0.4) is 0 Å². The highest BCUT2D eigenvalue weighted by Gasteiger charge is 2.07. The highest BCUT2D eigenvalue weighted by atomic mass is 35.5. The van der Waals surface area contributed by atoms with Crippen molar-refractivity contribution in [2.24, 2.45) is 0 Å². The smallest absolute Gasteiger partial charge is 0.153 e. The molecule has 98 valence electrons. The van der Waals surface area contributed by atoms with E-state index in [0.717, 1.165) is 0 Å². The molecule has 0 heterocycles. The maximum atomic E-state index is 13.1. The van der Waals surface area contributed by atoms with Gasteiger partial charge in [-0.1, -0.05) is 23.2 Å². The number of benzene rings is 2. The average Bonchev–Trinajstić information content (AvgIpc) is 2.40. The largest absolute Gasteiger partial charge is 0.488 e. The van der Waals surface area contributed by atoms with Crippen LogP contribution in [0.15, 0.2) is 36.4 Å². The van der Waals surface area contributed by atoms with Crippen molar-refractivity contribution in [3.63, 3.8) is 0 Å². The van der Waals surface area contributed by atoms with Gasteiger partial charge in [0.1, 0.15) is 18.2 Å². The molecule has 0 N–H and O–H groups in total. The molecule has 0 bridgehead atoms. The van der Waals surface area contributed by atoms with E-state index in [1.54, 1.807) is 12.1 Å². The average molecular weight is 299 g/mol. The van der Waals surface area contributed by atoms with Gasteiger partial charge in [0.15, 0.2) is 6.29 Å². The predicted molar refractivity (Wildman–Crippen MR) is 72.6 cm³/mol. The molecule has 0 saturated heterocycles. The number of hydrogen-bond donors (Lipinski definition) is 0. The summed E-state index contributed by atoms with van der Waals surface area (Å²) < 4.78 is 18.5. The van der Waals surface area contributed by atoms with Gasteiger partial charge in [-0.25, -0.2) is 4.39 Å². The molecule has 0 aromatic heterocycles. The Morgan fingerprint density at radius 3 is 2.68 bits per heavy atom. The minimum atomic E-state index is -0.394. The van der Waals surface area contributed by atoms with Gasteiger partial charge in [-0.15, -0.1) is 0 Å². The molecule has 2 aromatic carbocycles. The minimum Gasteiger partial charge on any atom is -0.488 e. The van der Waals surface area contributed by atoms with Crippen molar-refractivity contribution in [2.75, 3.05) is 0 Å². The van der Waals surface area contributed by atoms with Crippen LogP contribution in [0.4, 0.5) is 4.39 Å². The monoisotopic (exact) mass is 298 g/mol. The van der Waals surface area contributed by atoms with Crippen molar-refractivity contribution < 1.29 is 13.9 Å². The summed E-state index contributed by atoms with van der Waals surface area (Å²) in [6.45, 7) is 0.0685. The summed E-state index contributed by atoms with van der Waals surface area (Å²) in [6, 6.07) is 8.70. The number of carbonyl (C=O) groups excluding carboxylic acids is 1. The van der Waals surface area contributed by atoms with Gasteiger partial charge < -0.3 is 4.74 Å². The molecule has 0 aliphatic heterocycles. The van der Waals surface area contributed by atoms with Crippen LogP contribution in [0, 0.1) is 5.82 Å². The van der Waals surface area contributed by atoms with Crippen molar-refractivity contribution in [1.82, 2.24) is 0 Å². The second-order valence-electron chi connectivity index (χ2n) is 3.82. The Balaban J connectivity index is 2.18. The second kappa shape index (κ2) is 6.04. The molecule has 0 amide bonds. The molecule has 0 saturated carbocycles. The van der Waals surface area contributed by atoms with Crippen LogP contribution in [-0.4, -0.2) is 6.29 Å². The standard InChI is InChI=1S/C14H9Cl2FO2/c15-11-1-4-14(9(5-11)7-18)19-8-10-6-12(17)2-3-13(10)16/h1-7H,8H2. The van der Waals surface area contributed by atoms with Crippen LogP contribution in [0.2, 0.25) is 10.0 Å². The Hall–Kier alpha value is -1.58. The van der Waals surface area contributed by atoms with Crippen LogP contribution in [0.1, 0.15) is 15.9 Å². The van der Waals surface area contributed by atoms with Gasteiger partial charge in [-0.05, 0) is 36.4 Å². The lowest BCUT2D eigenvalue weighted by Crippen LogP contribution is -1.99. The van der Waals surface area contributed by atoms with Crippen LogP contribution in [-0.2, 0) is 6.61 Å². The fraction of sp³-hybridized carbons (Fsp3) is 0.0714. The summed E-state index contributed by atoms with van der Waals surface area (Å²) in [5.41, 5.74) is 0.841. The van der Waals surface area contributed by atoms with Crippen molar-refractivity contribution in [3.05, 3.63) is 63.4 Å². The molecule has 0 fully saturated rings. The molecule has 0 spiro atoms. The highest BCUT2D eigenvalue weighted by molar-refractivity contribution is 6.31. The molecule has 2 aromatic rings. The number of ether oxygens (including phenoxy) is 1. The van der Waals surface area contributed by atoms with E-state index in [-0.39, 0.29) is 6.61 Å². The first-order chi connectivity index (χ1) is 9.10. The minimum absolute atomic E-state index is 0.0685. The summed E-state index contributed by atoms with van der Waals surface area (Å²) in [7, 11) is 0. The number of aldehydes is 1. The summed E-state index contributed by atoms with van der Waals surface area (Å²) in [4.78, 5) is 10.9. The fourth-order valence-corrected chi connectivity index (χ4v) is 1.90. The van der Waals surface area contributed by atoms with E-state index in [0.29, 0.717) is 33.2 Å². The predicted octanol–water partition coefficient (Wildman–Crippen LogP) is 4.52. The summed E-state index contributed by atoms with van der Waals surface area (Å²) in [5, 5.41) is 0.848. The van der Waals surface area contributed by atoms with E-state index in [1.807, 2.05) is 0 Å². The normalized spacial score (nSPS) is 10.3. The van der Waals surface area contributed by atoms with Gasteiger partial charge in [-0.2, -0.15) is 0 Å². The van der Waals surface area contributed by atoms with E-state index in [2.05, 4.69) is 0 Å². The number of hydrogen-bond acceptors (Lipinski definition) is 2. The van der Waals surface area contributed by atoms with Gasteiger partial charge in [0.2, 0.25) is 0 Å². The zero-order valence-electron chi connectivity index (χ0n) is 9.70. The SMILES string of the molecule is O=Cc1cc(Cl)ccc1OCc1cc(F)ccc1Cl. The Labute approximate surface area is 119 Å². The van der Waals surface area contributed by atoms with Crippen LogP contribution < -0.4 is 4.74 Å². The van der Waals surface area contributed by atoms with Gasteiger partial charge in [0, 0.05) is 15.6 Å². The van der Waals surface area contributed by atoms with Crippen LogP contribution in [0.5, 0.6) is 5.75 Å². The third-order valence-corrected chi connectivity index (χ3v) is 3.09. The molecule has 0 unspecified atom stereocenters. The van der Waals surface area contributed by atoms with E-state index in [9.17, 15) is 9.18 Å². The summed E-state index contributed by atoms with van der Waals surface area (Å²) in [5.74, 6) is -0.0190. The molecular weight excluding hydrogens is 290 g/mol. The lowest BCUT2D eigenvalue weighted by Gasteiger charge is -2.10. The van der Waals surface area contributed by atoms with E-state index >= 15 is 0 Å². The summed E-state index contributed by atoms with van der Waals surface area (Å²) >= 11 is 11.7. The van der Waals surface area contributed by atoms with Gasteiger partial charge in [0.25, 0.3) is 0 Å². The molecule has 2 rings (SSSR count). The van der Waals surface area contributed by atoms with Gasteiger partial charge >= 0.3 is 0 Å². The molecule has 0 aliphatic carbocycles. The zero-order valence-corrected chi connectivity index (χ0v) is 11.2. The molecule has 0 aliphatic rings. The number of halogens is 3. The lowest BCUT2D eigenvalue weighted by atomic mass is 10.2. The van der Waals surface area contributed by atoms with Crippen molar-refractivity contribution in [2.45, 2.75) is 6.61 Å². The molecule has 0 atom stereocenters. The third-order valence-electron chi connectivity index (χ3n) is 2.49. The third kappa shape index (κ3) is 3.46. The first kappa shape index (κ1) is 13.8. The first-order valence-corrected chi connectivity index (χ1v) is 6.17. The Bertz CT molecular complexity index is 614. The van der Waals surface area contributed by atoms with Gasteiger partial charge in [0.05, 0.1) is 5.56 Å². The molecular formula is C14H9Cl2FO2. The molecule has 5 heteroatoms. The van der Waals surface area contributed by atoms with Crippen LogP contribution >= 0.6 is 23.2 Å². The maximum absolute atomic E-state index is 13.1. The van der Waals surface area contributed by atoms with E-state index in [4.69, 9.17) is 27.9 Å². The second-order valence-corrected chi connectivity index (χ2v) is 4.67. The van der Waals surface area contributed by atoms with E-state index < -0.39 is 5.82 Å². The summed E-state index contributed by atoms with van der Waals surface area (Å²) in [6.07, 6.45) is 0.647. The fourth-order valence-electron chi connectivity index (χ4n) is 1.55. The zero-order chi connectivity index (χ0) is 13.8. The number of rotatable bonds is 4. The highest BCUT2D eigenvalue weighted by Crippen LogP contribution is 2.24. The first-order valence-electron chi connectivity index (χ1n) is 5.41. The molecule has 0 radical (unpaired) electrons. The maximum Gasteiger partial charge on any atom is 0.153 e. The van der Waals surface area contributed by atoms with Crippen molar-refractivity contribution in [1.29, 1.82) is 0 Å². The van der Waals surface area contributed by atoms with Crippen molar-refractivity contribution >= 4 is 29.5 Å².